The number of aromatic nitrogens is 2. The Morgan fingerprint density at radius 2 is 1.87 bits per heavy atom. The number of nitro groups is 1. The average Bonchev–Trinajstić information content (AvgIpc) is 2.95. The molecule has 0 fully saturated rings. The van der Waals surface area contributed by atoms with Crippen LogP contribution in [-0.4, -0.2) is 33.9 Å². The van der Waals surface area contributed by atoms with E-state index < -0.39 is 17.4 Å². The molecule has 0 unspecified atom stereocenters. The van der Waals surface area contributed by atoms with Crippen LogP contribution in [0.15, 0.2) is 53.3 Å². The summed E-state index contributed by atoms with van der Waals surface area (Å²) in [5.74, 6) is -0.293. The normalized spacial score (nSPS) is 10.5. The maximum absolute atomic E-state index is 12.8. The summed E-state index contributed by atoms with van der Waals surface area (Å²) in [6, 6.07) is 12.8. The molecule has 1 heterocycles. The predicted octanol–water partition coefficient (Wildman–Crippen LogP) is 2.42. The number of hydrogen-bond donors (Lipinski definition) is 1. The van der Waals surface area contributed by atoms with Gasteiger partial charge in [0, 0.05) is 13.1 Å². The van der Waals surface area contributed by atoms with Crippen LogP contribution in [0.25, 0.3) is 5.69 Å². The summed E-state index contributed by atoms with van der Waals surface area (Å²) in [6.45, 7) is 1.25. The highest BCUT2D eigenvalue weighted by Crippen LogP contribution is 2.31. The van der Waals surface area contributed by atoms with E-state index in [-0.39, 0.29) is 28.4 Å². The van der Waals surface area contributed by atoms with Crippen LogP contribution in [-0.2, 0) is 11.8 Å². The number of carbonyl (C=O) groups is 1. The van der Waals surface area contributed by atoms with E-state index >= 15 is 0 Å². The van der Waals surface area contributed by atoms with Crippen molar-refractivity contribution in [2.24, 2.45) is 7.05 Å². The second kappa shape index (κ2) is 8.52. The summed E-state index contributed by atoms with van der Waals surface area (Å²) in [5.41, 5.74) is 0.760. The molecule has 1 amide bonds. The number of nitro benzene ring substituents is 1. The number of anilines is 1. The van der Waals surface area contributed by atoms with E-state index in [1.807, 2.05) is 18.2 Å². The fraction of sp³-hybridized carbons (Fsp3) is 0.200. The monoisotopic (exact) mass is 412 g/mol. The van der Waals surface area contributed by atoms with Gasteiger partial charge in [-0.2, -0.15) is 0 Å². The Kier molecular flexibility index (Phi) is 5.86. The van der Waals surface area contributed by atoms with Gasteiger partial charge >= 0.3 is 0 Å². The van der Waals surface area contributed by atoms with Crippen LogP contribution in [0.4, 0.5) is 11.4 Å². The van der Waals surface area contributed by atoms with Gasteiger partial charge in [0.1, 0.15) is 5.69 Å². The van der Waals surface area contributed by atoms with Crippen molar-refractivity contribution in [2.75, 3.05) is 19.0 Å². The van der Waals surface area contributed by atoms with Gasteiger partial charge < -0.3 is 14.8 Å². The Morgan fingerprint density at radius 3 is 2.50 bits per heavy atom. The largest absolute Gasteiger partial charge is 0.493 e. The Balaban J connectivity index is 1.79. The molecule has 0 aliphatic heterocycles. The second-order valence-corrected chi connectivity index (χ2v) is 6.37. The number of para-hydroxylation sites is 1. The lowest BCUT2D eigenvalue weighted by atomic mass is 10.3. The number of ether oxygens (including phenoxy) is 2. The van der Waals surface area contributed by atoms with Gasteiger partial charge in [-0.05, 0) is 25.1 Å². The highest BCUT2D eigenvalue weighted by Gasteiger charge is 2.19. The summed E-state index contributed by atoms with van der Waals surface area (Å²) >= 11 is 0. The van der Waals surface area contributed by atoms with Crippen molar-refractivity contribution in [3.63, 3.8) is 0 Å². The minimum atomic E-state index is -0.588. The van der Waals surface area contributed by atoms with Crippen LogP contribution in [0.5, 0.6) is 11.5 Å². The zero-order valence-electron chi connectivity index (χ0n) is 16.6. The maximum atomic E-state index is 12.8. The van der Waals surface area contributed by atoms with E-state index in [0.717, 1.165) is 0 Å². The molecule has 0 aliphatic rings. The van der Waals surface area contributed by atoms with Gasteiger partial charge in [0.2, 0.25) is 0 Å². The number of non-ortho nitro benzene ring substituents is 1. The third kappa shape index (κ3) is 4.02. The molecule has 0 saturated heterocycles. The predicted molar refractivity (Wildman–Crippen MR) is 110 cm³/mol. The van der Waals surface area contributed by atoms with E-state index in [9.17, 15) is 19.7 Å². The lowest BCUT2D eigenvalue weighted by Gasteiger charge is -2.10. The minimum absolute atomic E-state index is 0.0494. The van der Waals surface area contributed by atoms with Crippen molar-refractivity contribution >= 4 is 17.3 Å². The molecule has 0 bridgehead atoms. The number of benzene rings is 2. The van der Waals surface area contributed by atoms with E-state index in [4.69, 9.17) is 9.47 Å². The van der Waals surface area contributed by atoms with Gasteiger partial charge in [-0.25, -0.2) is 4.68 Å². The summed E-state index contributed by atoms with van der Waals surface area (Å²) in [7, 11) is 3.09. The Labute approximate surface area is 171 Å². The highest BCUT2D eigenvalue weighted by molar-refractivity contribution is 5.92. The van der Waals surface area contributed by atoms with Gasteiger partial charge in [0.15, 0.2) is 18.1 Å². The minimum Gasteiger partial charge on any atom is -0.493 e. The van der Waals surface area contributed by atoms with Crippen molar-refractivity contribution in [3.8, 4) is 17.2 Å². The van der Waals surface area contributed by atoms with Gasteiger partial charge in [-0.1, -0.05) is 18.2 Å². The highest BCUT2D eigenvalue weighted by atomic mass is 16.6. The Morgan fingerprint density at radius 1 is 1.17 bits per heavy atom. The number of amides is 1. The molecule has 0 saturated carbocycles. The maximum Gasteiger partial charge on any atom is 0.295 e. The molecular formula is C20H20N4O6. The zero-order chi connectivity index (χ0) is 21.8. The van der Waals surface area contributed by atoms with Crippen LogP contribution >= 0.6 is 0 Å². The standard InChI is InChI=1S/C20H20N4O6/c1-13-19(20(26)23(22(13)2)14-7-5-4-6-8-14)21-18(25)12-30-17-11-15(24(27)28)9-10-16(17)29-3/h4-11H,12H2,1-3H3,(H,21,25). The number of rotatable bonds is 7. The lowest BCUT2D eigenvalue weighted by Crippen LogP contribution is -2.25. The molecule has 0 radical (unpaired) electrons. The molecule has 1 aromatic heterocycles. The fourth-order valence-corrected chi connectivity index (χ4v) is 2.92. The van der Waals surface area contributed by atoms with Crippen molar-refractivity contribution in [1.82, 2.24) is 9.36 Å². The summed E-state index contributed by atoms with van der Waals surface area (Å²) in [4.78, 5) is 35.6. The lowest BCUT2D eigenvalue weighted by molar-refractivity contribution is -0.385. The summed E-state index contributed by atoms with van der Waals surface area (Å²) in [5, 5.41) is 13.5. The van der Waals surface area contributed by atoms with Gasteiger partial charge in [0.05, 0.1) is 29.5 Å². The molecule has 0 aliphatic carbocycles. The van der Waals surface area contributed by atoms with Crippen LogP contribution in [0.1, 0.15) is 5.69 Å². The SMILES string of the molecule is COc1ccc([N+](=O)[O-])cc1OCC(=O)Nc1c(C)n(C)n(-c2ccccc2)c1=O. The second-order valence-electron chi connectivity index (χ2n) is 6.37. The topological polar surface area (TPSA) is 118 Å². The van der Waals surface area contributed by atoms with Gasteiger partial charge in [0.25, 0.3) is 17.2 Å². The molecule has 0 spiro atoms. The molecule has 2 aromatic carbocycles. The van der Waals surface area contributed by atoms with E-state index in [1.54, 1.807) is 30.8 Å². The quantitative estimate of drug-likeness (QED) is 0.470. The molecule has 0 atom stereocenters. The summed E-state index contributed by atoms with van der Waals surface area (Å²) in [6.07, 6.45) is 0. The molecule has 10 heteroatoms. The smallest absolute Gasteiger partial charge is 0.295 e. The van der Waals surface area contributed by atoms with Gasteiger partial charge in [-0.3, -0.25) is 24.4 Å². The molecule has 156 valence electrons. The fourth-order valence-electron chi connectivity index (χ4n) is 2.92. The molecule has 1 N–H and O–H groups in total. The van der Waals surface area contributed by atoms with Crippen LogP contribution in [0, 0.1) is 17.0 Å². The summed E-state index contributed by atoms with van der Waals surface area (Å²) < 4.78 is 13.6. The number of carbonyl (C=O) groups excluding carboxylic acids is 1. The van der Waals surface area contributed by atoms with E-state index in [1.165, 1.54) is 30.0 Å². The molecular weight excluding hydrogens is 392 g/mol. The Hall–Kier alpha value is -4.08. The number of nitrogens with zero attached hydrogens (tertiary/aromatic N) is 3. The van der Waals surface area contributed by atoms with Crippen LogP contribution in [0.3, 0.4) is 0 Å². The van der Waals surface area contributed by atoms with Crippen molar-refractivity contribution in [2.45, 2.75) is 6.92 Å². The van der Waals surface area contributed by atoms with E-state index in [2.05, 4.69) is 5.32 Å². The number of hydrogen-bond acceptors (Lipinski definition) is 6. The first kappa shape index (κ1) is 20.6. The average molecular weight is 412 g/mol. The first-order valence-corrected chi connectivity index (χ1v) is 8.92. The first-order chi connectivity index (χ1) is 14.3. The number of methoxy groups -OCH3 is 1. The Bertz CT molecular complexity index is 1150. The van der Waals surface area contributed by atoms with E-state index in [0.29, 0.717) is 11.4 Å². The number of nitrogens with one attached hydrogen (secondary N) is 1. The van der Waals surface area contributed by atoms with Crippen molar-refractivity contribution in [1.29, 1.82) is 0 Å². The molecule has 30 heavy (non-hydrogen) atoms. The third-order valence-corrected chi connectivity index (χ3v) is 4.54. The molecule has 3 aromatic rings. The molecule has 10 nitrogen and oxygen atoms in total. The first-order valence-electron chi connectivity index (χ1n) is 8.92. The molecule has 3 rings (SSSR count). The van der Waals surface area contributed by atoms with Crippen molar-refractivity contribution < 1.29 is 19.2 Å². The van der Waals surface area contributed by atoms with Crippen LogP contribution < -0.4 is 20.3 Å². The third-order valence-electron chi connectivity index (χ3n) is 4.54. The van der Waals surface area contributed by atoms with Gasteiger partial charge in [-0.15, -0.1) is 0 Å². The van der Waals surface area contributed by atoms with Crippen LogP contribution in [0.2, 0.25) is 0 Å². The zero-order valence-corrected chi connectivity index (χ0v) is 16.6. The van der Waals surface area contributed by atoms with Crippen molar-refractivity contribution in [3.05, 3.63) is 74.7 Å².